The minimum absolute atomic E-state index is 0.826. The molecule has 0 aliphatic heterocycles. The fourth-order valence-corrected chi connectivity index (χ4v) is 1.94. The summed E-state index contributed by atoms with van der Waals surface area (Å²) in [7, 11) is 0. The van der Waals surface area contributed by atoms with Gasteiger partial charge in [-0.25, -0.2) is 0 Å². The van der Waals surface area contributed by atoms with Crippen LogP contribution in [0.1, 0.15) is 147 Å². The van der Waals surface area contributed by atoms with E-state index in [9.17, 15) is 0 Å². The van der Waals surface area contributed by atoms with E-state index >= 15 is 0 Å². The van der Waals surface area contributed by atoms with Gasteiger partial charge in [0.05, 0.1) is 0 Å². The van der Waals surface area contributed by atoms with Crippen LogP contribution in [0.25, 0.3) is 5.57 Å². The first kappa shape index (κ1) is 55.3. The van der Waals surface area contributed by atoms with Crippen molar-refractivity contribution in [2.75, 3.05) is 0 Å². The molecule has 1 rings (SSSR count). The molecule has 0 aromatic heterocycles. The van der Waals surface area contributed by atoms with E-state index in [0.717, 1.165) is 34.6 Å². The minimum atomic E-state index is 0.826. The van der Waals surface area contributed by atoms with E-state index in [4.69, 9.17) is 0 Å². The van der Waals surface area contributed by atoms with Crippen LogP contribution in [0.2, 0.25) is 0 Å². The molecular formula is C46H80. The third-order valence-electron chi connectivity index (χ3n) is 6.05. The molecule has 0 N–H and O–H groups in total. The van der Waals surface area contributed by atoms with Crippen molar-refractivity contribution in [3.8, 4) is 0 Å². The Balaban J connectivity index is -0.000000104. The van der Waals surface area contributed by atoms with E-state index in [1.165, 1.54) is 64.7 Å². The molecular weight excluding hydrogens is 553 g/mol. The van der Waals surface area contributed by atoms with E-state index < -0.39 is 0 Å². The van der Waals surface area contributed by atoms with Crippen LogP contribution >= 0.6 is 0 Å². The van der Waals surface area contributed by atoms with Gasteiger partial charge in [0, 0.05) is 0 Å². The molecule has 0 amide bonds. The number of unbranched alkanes of at least 4 members (excludes halogenated alkanes) is 1. The average molecular weight is 633 g/mol. The second kappa shape index (κ2) is 38.1. The highest BCUT2D eigenvalue weighted by Gasteiger charge is 1.92. The van der Waals surface area contributed by atoms with Crippen molar-refractivity contribution in [1.29, 1.82) is 0 Å². The van der Waals surface area contributed by atoms with E-state index in [1.54, 1.807) is 6.08 Å². The Hall–Kier alpha value is -3.12. The third-order valence-corrected chi connectivity index (χ3v) is 6.05. The summed E-state index contributed by atoms with van der Waals surface area (Å²) >= 11 is 0. The lowest BCUT2D eigenvalue weighted by Crippen LogP contribution is -1.85. The van der Waals surface area contributed by atoms with Crippen molar-refractivity contribution in [1.82, 2.24) is 0 Å². The zero-order valence-electron chi connectivity index (χ0n) is 34.2. The van der Waals surface area contributed by atoms with Gasteiger partial charge in [0.25, 0.3) is 0 Å². The van der Waals surface area contributed by atoms with Crippen LogP contribution in [0.15, 0.2) is 128 Å². The van der Waals surface area contributed by atoms with Crippen LogP contribution in [0.4, 0.5) is 0 Å². The van der Waals surface area contributed by atoms with Gasteiger partial charge < -0.3 is 0 Å². The summed E-state index contributed by atoms with van der Waals surface area (Å²) in [5.41, 5.74) is 13.2. The van der Waals surface area contributed by atoms with Gasteiger partial charge >= 0.3 is 0 Å². The maximum Gasteiger partial charge on any atom is -0.0233 e. The summed E-state index contributed by atoms with van der Waals surface area (Å²) in [4.78, 5) is 0. The summed E-state index contributed by atoms with van der Waals surface area (Å²) < 4.78 is 0. The molecule has 1 aromatic carbocycles. The molecule has 0 fully saturated rings. The molecule has 0 aliphatic carbocycles. The standard InChI is InChI=1S/C10H12.C8H16.C8H14.2C6H10.C4H8.C4H10/c1-8(2)10-6-4-9(3)5-7-10;1-7(2)5-6-8(3)4;1-6(2)8(5)7(3)4;1-5(2)6(3)4;1-4-6(3)5-2;1-4(2)3;1-3-4-2/h4-7H,1H2,2-3H3;8H,1,5-6H2,2-4H3;1H2,2-5H3;1,3H2,2,4H3;4H,1,3,5H2,2H3;1H2,2-3H3;3-4H2,1-2H3. The topological polar surface area (TPSA) is 0 Å². The van der Waals surface area contributed by atoms with Crippen molar-refractivity contribution in [3.63, 3.8) is 0 Å². The van der Waals surface area contributed by atoms with Gasteiger partial charge in [-0.05, 0) is 107 Å². The average Bonchev–Trinajstić information content (AvgIpc) is 2.96. The third kappa shape index (κ3) is 60.1. The fourth-order valence-electron chi connectivity index (χ4n) is 1.94. The Morgan fingerprint density at radius 3 is 1.13 bits per heavy atom. The van der Waals surface area contributed by atoms with Crippen molar-refractivity contribution in [2.45, 2.75) is 143 Å². The van der Waals surface area contributed by atoms with Crippen molar-refractivity contribution in [3.05, 3.63) is 139 Å². The summed E-state index contributed by atoms with van der Waals surface area (Å²) in [6.07, 6.45) is 7.91. The number of hydrogen-bond donors (Lipinski definition) is 0. The molecule has 0 atom stereocenters. The monoisotopic (exact) mass is 633 g/mol. The molecule has 46 heavy (non-hydrogen) atoms. The number of rotatable bonds is 9. The summed E-state index contributed by atoms with van der Waals surface area (Å²) in [6.45, 7) is 62.8. The second-order valence-electron chi connectivity index (χ2n) is 12.9. The molecule has 0 spiro atoms. The molecule has 0 saturated heterocycles. The van der Waals surface area contributed by atoms with Gasteiger partial charge in [-0.2, -0.15) is 0 Å². The normalized spacial score (nSPS) is 8.46. The highest BCUT2D eigenvalue weighted by atomic mass is 14.0. The molecule has 0 unspecified atom stereocenters. The van der Waals surface area contributed by atoms with Crippen molar-refractivity contribution < 1.29 is 0 Å². The Bertz CT molecular complexity index is 1000. The molecule has 0 heteroatoms. The Kier molecular flexibility index (Phi) is 45.8. The predicted octanol–water partition coefficient (Wildman–Crippen LogP) is 16.6. The predicted molar refractivity (Wildman–Crippen MR) is 224 cm³/mol. The van der Waals surface area contributed by atoms with Crippen LogP contribution in [-0.4, -0.2) is 0 Å². The maximum atomic E-state index is 3.86. The zero-order valence-corrected chi connectivity index (χ0v) is 34.2. The van der Waals surface area contributed by atoms with Crippen molar-refractivity contribution in [2.24, 2.45) is 5.92 Å². The fraction of sp³-hybridized carbons (Fsp3) is 0.478. The summed E-state index contributed by atoms with van der Waals surface area (Å²) in [5.74, 6) is 0.826. The van der Waals surface area contributed by atoms with Gasteiger partial charge in [0.2, 0.25) is 0 Å². The molecule has 0 bridgehead atoms. The van der Waals surface area contributed by atoms with Gasteiger partial charge in [0.15, 0.2) is 0 Å². The largest absolute Gasteiger partial charge is 0.100 e. The van der Waals surface area contributed by atoms with Crippen LogP contribution in [0, 0.1) is 12.8 Å². The smallest absolute Gasteiger partial charge is 0.0233 e. The number of aryl methyl sites for hydroxylation is 1. The summed E-state index contributed by atoms with van der Waals surface area (Å²) in [5, 5.41) is 0. The highest BCUT2D eigenvalue weighted by Crippen LogP contribution is 2.11. The highest BCUT2D eigenvalue weighted by molar-refractivity contribution is 5.61. The van der Waals surface area contributed by atoms with E-state index in [-0.39, 0.29) is 0 Å². The van der Waals surface area contributed by atoms with Crippen LogP contribution in [0.3, 0.4) is 0 Å². The lowest BCUT2D eigenvalue weighted by atomic mass is 10.1. The van der Waals surface area contributed by atoms with E-state index in [2.05, 4.69) is 146 Å². The first-order valence-corrected chi connectivity index (χ1v) is 16.9. The molecule has 0 saturated carbocycles. The lowest BCUT2D eigenvalue weighted by Gasteiger charge is -2.01. The summed E-state index contributed by atoms with van der Waals surface area (Å²) in [6, 6.07) is 8.39. The van der Waals surface area contributed by atoms with Crippen LogP contribution in [-0.2, 0) is 0 Å². The molecule has 0 heterocycles. The number of benzene rings is 1. The van der Waals surface area contributed by atoms with Crippen molar-refractivity contribution >= 4 is 5.57 Å². The maximum absolute atomic E-state index is 3.86. The van der Waals surface area contributed by atoms with Crippen LogP contribution < -0.4 is 0 Å². The molecule has 1 aromatic rings. The quantitative estimate of drug-likeness (QED) is 0.188. The van der Waals surface area contributed by atoms with Gasteiger partial charge in [-0.15, -0.1) is 13.2 Å². The Labute approximate surface area is 292 Å². The number of allylic oxidation sites excluding steroid dienone is 10. The van der Waals surface area contributed by atoms with E-state index in [1.807, 2.05) is 41.5 Å². The SMILES string of the molecule is C=C(C)C.C=C(C)C(=C)C.C=C(C)C(C)=C(C)C.C=C(C)CCC(C)C.C=C(C)c1ccc(C)cc1.C=CC(=C)CC.CCCC. The molecule has 264 valence electrons. The molecule has 0 aliphatic rings. The van der Waals surface area contributed by atoms with Gasteiger partial charge in [-0.1, -0.05) is 173 Å². The van der Waals surface area contributed by atoms with Gasteiger partial charge in [0.1, 0.15) is 0 Å². The van der Waals surface area contributed by atoms with Crippen LogP contribution in [0.5, 0.6) is 0 Å². The Morgan fingerprint density at radius 2 is 1.02 bits per heavy atom. The molecule has 0 nitrogen and oxygen atoms in total. The lowest BCUT2D eigenvalue weighted by molar-refractivity contribution is 0.585. The number of hydrogen-bond acceptors (Lipinski definition) is 0. The molecule has 0 radical (unpaired) electrons. The van der Waals surface area contributed by atoms with Gasteiger partial charge in [-0.3, -0.25) is 0 Å². The zero-order chi connectivity index (χ0) is 38.0. The first-order chi connectivity index (χ1) is 21.0. The van der Waals surface area contributed by atoms with E-state index in [0.29, 0.717) is 0 Å². The minimum Gasteiger partial charge on any atom is -0.100 e. The second-order valence-corrected chi connectivity index (χ2v) is 12.9. The first-order valence-electron chi connectivity index (χ1n) is 16.9. The Morgan fingerprint density at radius 1 is 0.652 bits per heavy atom.